The fourth-order valence-corrected chi connectivity index (χ4v) is 2.77. The highest BCUT2D eigenvalue weighted by atomic mass is 28.4. The van der Waals surface area contributed by atoms with Gasteiger partial charge in [-0.15, -0.1) is 0 Å². The van der Waals surface area contributed by atoms with Gasteiger partial charge in [0.2, 0.25) is 0 Å². The molecule has 1 rings (SSSR count). The van der Waals surface area contributed by atoms with Crippen LogP contribution < -0.4 is 4.74 Å². The summed E-state index contributed by atoms with van der Waals surface area (Å²) in [6.45, 7) is 11.1. The molecule has 4 nitrogen and oxygen atoms in total. The fraction of sp³-hybridized carbons (Fsp3) is 0.625. The lowest BCUT2D eigenvalue weighted by molar-refractivity contribution is 0.0995. The maximum absolute atomic E-state index is 10.2. The Morgan fingerprint density at radius 1 is 1.24 bits per heavy atom. The molecule has 0 radical (unpaired) electrons. The van der Waals surface area contributed by atoms with E-state index in [1.54, 1.807) is 18.2 Å². The zero-order valence-electron chi connectivity index (χ0n) is 13.9. The third-order valence-electron chi connectivity index (χ3n) is 4.20. The first-order valence-electron chi connectivity index (χ1n) is 7.25. The van der Waals surface area contributed by atoms with Crippen LogP contribution in [0.15, 0.2) is 18.2 Å². The smallest absolute Gasteiger partial charge is 0.192 e. The lowest BCUT2D eigenvalue weighted by atomic mass is 10.1. The fourth-order valence-electron chi connectivity index (χ4n) is 1.73. The molecule has 0 aliphatic carbocycles. The normalized spacial score (nSPS) is 14.0. The molecule has 0 fully saturated rings. The van der Waals surface area contributed by atoms with Gasteiger partial charge >= 0.3 is 0 Å². The van der Waals surface area contributed by atoms with Crippen molar-refractivity contribution in [3.63, 3.8) is 0 Å². The Morgan fingerprint density at radius 2 is 1.86 bits per heavy atom. The summed E-state index contributed by atoms with van der Waals surface area (Å²) in [5, 5.41) is 20.3. The second-order valence-corrected chi connectivity index (χ2v) is 11.7. The zero-order valence-corrected chi connectivity index (χ0v) is 14.9. The number of aliphatic hydroxyl groups is 1. The molecule has 0 aliphatic rings. The van der Waals surface area contributed by atoms with Crippen LogP contribution in [0.3, 0.4) is 0 Å². The van der Waals surface area contributed by atoms with Gasteiger partial charge in [-0.25, -0.2) is 0 Å². The second kappa shape index (κ2) is 6.81. The number of benzene rings is 1. The molecule has 0 heterocycles. The molecule has 1 aromatic carbocycles. The molecule has 0 aromatic heterocycles. The maximum Gasteiger partial charge on any atom is 0.192 e. The van der Waals surface area contributed by atoms with Gasteiger partial charge in [-0.1, -0.05) is 32.9 Å². The minimum absolute atomic E-state index is 0.0892. The lowest BCUT2D eigenvalue weighted by Gasteiger charge is -2.36. The largest absolute Gasteiger partial charge is 0.504 e. The molecule has 0 saturated heterocycles. The van der Waals surface area contributed by atoms with Crippen LogP contribution in [-0.4, -0.2) is 38.4 Å². The number of rotatable bonds is 6. The number of aliphatic hydroxyl groups excluding tert-OH is 1. The molecule has 0 aliphatic heterocycles. The highest BCUT2D eigenvalue weighted by Crippen LogP contribution is 2.36. The first kappa shape index (κ1) is 18.0. The van der Waals surface area contributed by atoms with Crippen molar-refractivity contribution in [1.29, 1.82) is 0 Å². The number of hydrogen-bond donors (Lipinski definition) is 2. The van der Waals surface area contributed by atoms with Gasteiger partial charge < -0.3 is 19.4 Å². The van der Waals surface area contributed by atoms with E-state index in [1.165, 1.54) is 7.11 Å². The molecule has 1 atom stereocenters. The van der Waals surface area contributed by atoms with E-state index in [4.69, 9.17) is 9.16 Å². The summed E-state index contributed by atoms with van der Waals surface area (Å²) in [7, 11) is -0.354. The molecular formula is C16H28O4Si. The van der Waals surface area contributed by atoms with Crippen molar-refractivity contribution in [3.8, 4) is 11.5 Å². The van der Waals surface area contributed by atoms with E-state index < -0.39 is 14.4 Å². The zero-order chi connectivity index (χ0) is 16.3. The standard InChI is InChI=1S/C16H28O4Si/c1-16(2,3)21(5,6)20-11-13(17)10-12-8-7-9-14(19-4)15(12)18/h7-9,13,17-18H,10-11H2,1-6H3. The van der Waals surface area contributed by atoms with Gasteiger partial charge in [0.1, 0.15) is 0 Å². The average molecular weight is 312 g/mol. The van der Waals surface area contributed by atoms with Crippen molar-refractivity contribution in [2.75, 3.05) is 13.7 Å². The van der Waals surface area contributed by atoms with E-state index in [0.717, 1.165) is 0 Å². The van der Waals surface area contributed by atoms with E-state index in [2.05, 4.69) is 33.9 Å². The number of para-hydroxylation sites is 1. The third kappa shape index (κ3) is 4.73. The maximum atomic E-state index is 10.2. The number of hydrogen-bond acceptors (Lipinski definition) is 4. The van der Waals surface area contributed by atoms with E-state index >= 15 is 0 Å². The highest BCUT2D eigenvalue weighted by Gasteiger charge is 2.37. The summed E-state index contributed by atoms with van der Waals surface area (Å²) in [5.74, 6) is 0.511. The molecular weight excluding hydrogens is 284 g/mol. The average Bonchev–Trinajstić information content (AvgIpc) is 2.38. The lowest BCUT2D eigenvalue weighted by Crippen LogP contribution is -2.42. The third-order valence-corrected chi connectivity index (χ3v) is 8.70. The van der Waals surface area contributed by atoms with E-state index in [9.17, 15) is 10.2 Å². The summed E-state index contributed by atoms with van der Waals surface area (Å²) in [5.41, 5.74) is 0.667. The monoisotopic (exact) mass is 312 g/mol. The molecule has 5 heteroatoms. The Kier molecular flexibility index (Phi) is 5.84. The molecule has 1 unspecified atom stereocenters. The predicted molar refractivity (Wildman–Crippen MR) is 87.5 cm³/mol. The predicted octanol–water partition coefficient (Wildman–Crippen LogP) is 3.33. The first-order chi connectivity index (χ1) is 9.58. The van der Waals surface area contributed by atoms with Gasteiger partial charge in [0.05, 0.1) is 19.8 Å². The van der Waals surface area contributed by atoms with Gasteiger partial charge in [0.25, 0.3) is 0 Å². The van der Waals surface area contributed by atoms with Crippen molar-refractivity contribution >= 4 is 8.32 Å². The molecule has 0 spiro atoms. The van der Waals surface area contributed by atoms with Crippen LogP contribution in [-0.2, 0) is 10.8 Å². The van der Waals surface area contributed by atoms with Crippen LogP contribution in [0, 0.1) is 0 Å². The molecule has 120 valence electrons. The van der Waals surface area contributed by atoms with Gasteiger partial charge in [-0.05, 0) is 24.2 Å². The first-order valence-corrected chi connectivity index (χ1v) is 10.2. The van der Waals surface area contributed by atoms with Crippen LogP contribution in [0.2, 0.25) is 18.1 Å². The van der Waals surface area contributed by atoms with Gasteiger partial charge in [0, 0.05) is 12.0 Å². The van der Waals surface area contributed by atoms with Gasteiger partial charge in [-0.2, -0.15) is 0 Å². The van der Waals surface area contributed by atoms with Crippen molar-refractivity contribution in [2.24, 2.45) is 0 Å². The molecule has 0 saturated carbocycles. The van der Waals surface area contributed by atoms with Crippen LogP contribution >= 0.6 is 0 Å². The van der Waals surface area contributed by atoms with E-state index in [1.807, 2.05) is 0 Å². The van der Waals surface area contributed by atoms with E-state index in [-0.39, 0.29) is 17.4 Å². The highest BCUT2D eigenvalue weighted by molar-refractivity contribution is 6.74. The van der Waals surface area contributed by atoms with E-state index in [0.29, 0.717) is 17.7 Å². The van der Waals surface area contributed by atoms with Crippen molar-refractivity contribution in [2.45, 2.75) is 51.4 Å². The summed E-state index contributed by atoms with van der Waals surface area (Å²) in [6, 6.07) is 5.28. The summed E-state index contributed by atoms with van der Waals surface area (Å²) >= 11 is 0. The minimum atomic E-state index is -1.86. The second-order valence-electron chi connectivity index (χ2n) is 6.90. The SMILES string of the molecule is COc1cccc(CC(O)CO[Si](C)(C)C(C)(C)C)c1O. The Labute approximate surface area is 128 Å². The molecule has 0 amide bonds. The van der Waals surface area contributed by atoms with Crippen LogP contribution in [0.4, 0.5) is 0 Å². The molecule has 1 aromatic rings. The number of phenols is 1. The van der Waals surface area contributed by atoms with Crippen LogP contribution in [0.1, 0.15) is 26.3 Å². The van der Waals surface area contributed by atoms with Crippen LogP contribution in [0.25, 0.3) is 0 Å². The minimum Gasteiger partial charge on any atom is -0.504 e. The number of ether oxygens (including phenoxy) is 1. The summed E-state index contributed by atoms with van der Waals surface area (Å²) < 4.78 is 11.1. The van der Waals surface area contributed by atoms with Crippen molar-refractivity contribution in [1.82, 2.24) is 0 Å². The Bertz CT molecular complexity index is 466. The summed E-state index contributed by atoms with van der Waals surface area (Å²) in [6.07, 6.45) is -0.297. The Balaban J connectivity index is 2.65. The summed E-state index contributed by atoms with van der Waals surface area (Å²) in [4.78, 5) is 0. The van der Waals surface area contributed by atoms with Crippen LogP contribution in [0.5, 0.6) is 11.5 Å². The Hall–Kier alpha value is -1.04. The Morgan fingerprint density at radius 3 is 2.38 bits per heavy atom. The van der Waals surface area contributed by atoms with Crippen molar-refractivity contribution < 1.29 is 19.4 Å². The molecule has 0 bridgehead atoms. The van der Waals surface area contributed by atoms with Gasteiger partial charge in [0.15, 0.2) is 19.8 Å². The number of phenolic OH excluding ortho intramolecular Hbond substituents is 1. The quantitative estimate of drug-likeness (QED) is 0.791. The number of methoxy groups -OCH3 is 1. The number of aromatic hydroxyl groups is 1. The topological polar surface area (TPSA) is 58.9 Å². The molecule has 21 heavy (non-hydrogen) atoms. The molecule has 2 N–H and O–H groups in total. The van der Waals surface area contributed by atoms with Gasteiger partial charge in [-0.3, -0.25) is 0 Å². The van der Waals surface area contributed by atoms with Crippen molar-refractivity contribution in [3.05, 3.63) is 23.8 Å².